The summed E-state index contributed by atoms with van der Waals surface area (Å²) >= 11 is 0. The summed E-state index contributed by atoms with van der Waals surface area (Å²) < 4.78 is 10.5. The molecule has 0 aliphatic rings. The van der Waals surface area contributed by atoms with Crippen molar-refractivity contribution in [2.75, 3.05) is 11.9 Å². The second-order valence-corrected chi connectivity index (χ2v) is 4.78. The van der Waals surface area contributed by atoms with Gasteiger partial charge >= 0.3 is 5.97 Å². The number of aromatic carboxylic acids is 1. The van der Waals surface area contributed by atoms with Crippen molar-refractivity contribution in [2.45, 2.75) is 20.3 Å². The minimum Gasteiger partial charge on any atom is -0.494 e. The second kappa shape index (κ2) is 6.80. The molecule has 1 aromatic heterocycles. The Morgan fingerprint density at radius 1 is 1.32 bits per heavy atom. The van der Waals surface area contributed by atoms with Gasteiger partial charge in [-0.2, -0.15) is 0 Å². The van der Waals surface area contributed by atoms with Crippen molar-refractivity contribution in [3.8, 4) is 5.75 Å². The largest absolute Gasteiger partial charge is 0.494 e. The molecular weight excluding hydrogens is 286 g/mol. The maximum absolute atomic E-state index is 12.0. The summed E-state index contributed by atoms with van der Waals surface area (Å²) in [6.45, 7) is 4.50. The van der Waals surface area contributed by atoms with Crippen molar-refractivity contribution in [3.63, 3.8) is 0 Å². The number of carboxylic acids is 1. The Bertz CT molecular complexity index is 690. The minimum absolute atomic E-state index is 0.0527. The predicted octanol–water partition coefficient (Wildman–Crippen LogP) is 3.33. The molecule has 6 nitrogen and oxygen atoms in total. The van der Waals surface area contributed by atoms with E-state index >= 15 is 0 Å². The third kappa shape index (κ3) is 3.66. The number of amides is 1. The number of aryl methyl sites for hydroxylation is 1. The maximum Gasteiger partial charge on any atom is 0.338 e. The molecule has 0 unspecified atom stereocenters. The monoisotopic (exact) mass is 303 g/mol. The Hall–Kier alpha value is -2.76. The van der Waals surface area contributed by atoms with E-state index in [4.69, 9.17) is 14.3 Å². The Morgan fingerprint density at radius 3 is 2.68 bits per heavy atom. The van der Waals surface area contributed by atoms with E-state index in [1.165, 1.54) is 6.07 Å². The van der Waals surface area contributed by atoms with Gasteiger partial charge in [0.05, 0.1) is 12.2 Å². The van der Waals surface area contributed by atoms with Crippen molar-refractivity contribution in [3.05, 3.63) is 47.4 Å². The predicted molar refractivity (Wildman–Crippen MR) is 80.6 cm³/mol. The molecule has 22 heavy (non-hydrogen) atoms. The van der Waals surface area contributed by atoms with Crippen LogP contribution in [0.1, 0.15) is 39.8 Å². The first-order chi connectivity index (χ1) is 10.5. The lowest BCUT2D eigenvalue weighted by molar-refractivity contribution is 0.0696. The van der Waals surface area contributed by atoms with E-state index in [1.54, 1.807) is 12.1 Å². The average Bonchev–Trinajstić information content (AvgIpc) is 2.97. The Labute approximate surface area is 127 Å². The lowest BCUT2D eigenvalue weighted by Gasteiger charge is -2.10. The van der Waals surface area contributed by atoms with Crippen LogP contribution in [-0.4, -0.2) is 23.6 Å². The van der Waals surface area contributed by atoms with Crippen molar-refractivity contribution in [2.24, 2.45) is 0 Å². The van der Waals surface area contributed by atoms with Gasteiger partial charge in [-0.3, -0.25) is 4.79 Å². The number of rotatable bonds is 6. The molecule has 0 saturated heterocycles. The number of furan rings is 1. The van der Waals surface area contributed by atoms with Crippen LogP contribution in [0, 0.1) is 6.92 Å². The van der Waals surface area contributed by atoms with Gasteiger partial charge < -0.3 is 19.6 Å². The van der Waals surface area contributed by atoms with Crippen LogP contribution in [0.2, 0.25) is 0 Å². The van der Waals surface area contributed by atoms with Crippen molar-refractivity contribution in [1.29, 1.82) is 0 Å². The summed E-state index contributed by atoms with van der Waals surface area (Å²) in [5, 5.41) is 11.5. The van der Waals surface area contributed by atoms with Gasteiger partial charge in [0.1, 0.15) is 12.0 Å². The van der Waals surface area contributed by atoms with Gasteiger partial charge in [0.25, 0.3) is 5.91 Å². The number of hydrogen-bond donors (Lipinski definition) is 2. The molecule has 2 aromatic rings. The highest BCUT2D eigenvalue weighted by atomic mass is 16.5. The number of carbonyl (C=O) groups excluding carboxylic acids is 1. The molecule has 0 radical (unpaired) electrons. The van der Waals surface area contributed by atoms with Crippen LogP contribution in [0.15, 0.2) is 34.9 Å². The van der Waals surface area contributed by atoms with Crippen LogP contribution in [0.4, 0.5) is 5.69 Å². The first-order valence-electron chi connectivity index (χ1n) is 6.88. The van der Waals surface area contributed by atoms with Crippen molar-refractivity contribution >= 4 is 17.6 Å². The molecule has 0 aliphatic carbocycles. The van der Waals surface area contributed by atoms with Gasteiger partial charge in [-0.15, -0.1) is 0 Å². The van der Waals surface area contributed by atoms with E-state index in [1.807, 2.05) is 19.9 Å². The fourth-order valence-corrected chi connectivity index (χ4v) is 1.84. The molecule has 1 aromatic carbocycles. The van der Waals surface area contributed by atoms with Gasteiger partial charge in [0.2, 0.25) is 0 Å². The van der Waals surface area contributed by atoms with Crippen molar-refractivity contribution < 1.29 is 23.8 Å². The van der Waals surface area contributed by atoms with E-state index in [2.05, 4.69) is 5.32 Å². The van der Waals surface area contributed by atoms with Gasteiger partial charge in [0.15, 0.2) is 5.76 Å². The lowest BCUT2D eigenvalue weighted by atomic mass is 10.2. The van der Waals surface area contributed by atoms with E-state index in [0.29, 0.717) is 12.3 Å². The zero-order chi connectivity index (χ0) is 16.1. The van der Waals surface area contributed by atoms with Gasteiger partial charge in [-0.1, -0.05) is 6.92 Å². The lowest BCUT2D eigenvalue weighted by Crippen LogP contribution is -2.12. The molecule has 0 spiro atoms. The number of benzene rings is 1. The van der Waals surface area contributed by atoms with E-state index in [9.17, 15) is 9.59 Å². The molecule has 0 saturated carbocycles. The molecule has 0 fully saturated rings. The topological polar surface area (TPSA) is 88.8 Å². The van der Waals surface area contributed by atoms with Crippen LogP contribution >= 0.6 is 0 Å². The molecule has 1 heterocycles. The van der Waals surface area contributed by atoms with E-state index in [-0.39, 0.29) is 11.3 Å². The number of hydrogen-bond acceptors (Lipinski definition) is 4. The van der Waals surface area contributed by atoms with E-state index in [0.717, 1.165) is 24.0 Å². The average molecular weight is 303 g/mol. The summed E-state index contributed by atoms with van der Waals surface area (Å²) in [5.41, 5.74) is 1.39. The molecular formula is C16H17NO5. The summed E-state index contributed by atoms with van der Waals surface area (Å²) in [4.78, 5) is 22.8. The molecule has 0 atom stereocenters. The number of anilines is 1. The zero-order valence-electron chi connectivity index (χ0n) is 12.4. The molecule has 0 bridgehead atoms. The standard InChI is InChI=1S/C16H17NO5/c1-3-6-21-12-4-5-13(10(2)7-12)17-15(18)14-8-11(9-22-14)16(19)20/h4-5,7-9H,3,6H2,1-2H3,(H,17,18)(H,19,20). The minimum atomic E-state index is -1.14. The van der Waals surface area contributed by atoms with Crippen LogP contribution in [-0.2, 0) is 0 Å². The molecule has 2 rings (SSSR count). The summed E-state index contributed by atoms with van der Waals surface area (Å²) in [6, 6.07) is 6.52. The molecule has 116 valence electrons. The van der Waals surface area contributed by atoms with Crippen LogP contribution < -0.4 is 10.1 Å². The van der Waals surface area contributed by atoms with Crippen LogP contribution in [0.5, 0.6) is 5.75 Å². The third-order valence-corrected chi connectivity index (χ3v) is 2.99. The van der Waals surface area contributed by atoms with Crippen LogP contribution in [0.25, 0.3) is 0 Å². The summed E-state index contributed by atoms with van der Waals surface area (Å²) in [7, 11) is 0. The number of carbonyl (C=O) groups is 2. The molecule has 1 amide bonds. The fourth-order valence-electron chi connectivity index (χ4n) is 1.84. The highest BCUT2D eigenvalue weighted by Gasteiger charge is 2.15. The number of ether oxygens (including phenoxy) is 1. The first kappa shape index (κ1) is 15.6. The highest BCUT2D eigenvalue weighted by Crippen LogP contribution is 2.22. The van der Waals surface area contributed by atoms with Gasteiger partial charge in [0, 0.05) is 11.8 Å². The third-order valence-electron chi connectivity index (χ3n) is 2.99. The normalized spacial score (nSPS) is 10.3. The Kier molecular flexibility index (Phi) is 4.83. The summed E-state index contributed by atoms with van der Waals surface area (Å²) in [6.07, 6.45) is 1.95. The smallest absolute Gasteiger partial charge is 0.338 e. The number of nitrogens with one attached hydrogen (secondary N) is 1. The summed E-state index contributed by atoms with van der Waals surface area (Å²) in [5.74, 6) is -0.958. The highest BCUT2D eigenvalue weighted by molar-refractivity contribution is 6.04. The van der Waals surface area contributed by atoms with Gasteiger partial charge in [-0.05, 0) is 37.1 Å². The van der Waals surface area contributed by atoms with E-state index < -0.39 is 11.9 Å². The zero-order valence-corrected chi connectivity index (χ0v) is 12.4. The molecule has 0 aliphatic heterocycles. The fraction of sp³-hybridized carbons (Fsp3) is 0.250. The molecule has 2 N–H and O–H groups in total. The second-order valence-electron chi connectivity index (χ2n) is 4.78. The Morgan fingerprint density at radius 2 is 2.09 bits per heavy atom. The first-order valence-corrected chi connectivity index (χ1v) is 6.88. The van der Waals surface area contributed by atoms with Crippen molar-refractivity contribution in [1.82, 2.24) is 0 Å². The quantitative estimate of drug-likeness (QED) is 0.854. The number of carboxylic acid groups (broad SMARTS) is 1. The molecule has 6 heteroatoms. The van der Waals surface area contributed by atoms with Crippen LogP contribution in [0.3, 0.4) is 0 Å². The maximum atomic E-state index is 12.0. The Balaban J connectivity index is 2.09. The van der Waals surface area contributed by atoms with Gasteiger partial charge in [-0.25, -0.2) is 4.79 Å². The SMILES string of the molecule is CCCOc1ccc(NC(=O)c2cc(C(=O)O)co2)c(C)c1.